The molecule has 0 amide bonds. The molecule has 0 radical (unpaired) electrons. The van der Waals surface area contributed by atoms with E-state index >= 15 is 0 Å². The maximum atomic E-state index is 13.4. The summed E-state index contributed by atoms with van der Waals surface area (Å²) in [4.78, 5) is 10.3. The number of rotatable bonds is 10. The SMILES string of the molecule is C=C(CCC(F)(F)C(F)(F)C(F)(F)C(F)(F)C(F)(F)C(F)(F)C(C)F)C(=O)O. The Balaban J connectivity index is 6.17. The Morgan fingerprint density at radius 1 is 0.821 bits per heavy atom. The molecule has 1 unspecified atom stereocenters. The Morgan fingerprint density at radius 2 is 1.18 bits per heavy atom. The van der Waals surface area contributed by atoms with Crippen LogP contribution in [-0.2, 0) is 4.79 Å². The first-order chi connectivity index (χ1) is 12.0. The molecule has 0 saturated heterocycles. The van der Waals surface area contributed by atoms with Crippen LogP contribution >= 0.6 is 0 Å². The normalized spacial score (nSPS) is 16.1. The van der Waals surface area contributed by atoms with E-state index in [1.807, 2.05) is 0 Å². The van der Waals surface area contributed by atoms with Crippen LogP contribution in [0.1, 0.15) is 19.8 Å². The van der Waals surface area contributed by atoms with Crippen LogP contribution in [0.15, 0.2) is 12.2 Å². The summed E-state index contributed by atoms with van der Waals surface area (Å²) in [6, 6.07) is 0. The number of hydrogen-bond donors (Lipinski definition) is 1. The van der Waals surface area contributed by atoms with E-state index in [1.165, 1.54) is 0 Å². The number of hydrogen-bond acceptors (Lipinski definition) is 1. The van der Waals surface area contributed by atoms with E-state index < -0.39 is 73.0 Å². The molecule has 0 aliphatic carbocycles. The summed E-state index contributed by atoms with van der Waals surface area (Å²) in [6.07, 6.45) is -8.51. The first-order valence-corrected chi connectivity index (χ1v) is 6.84. The molecule has 0 fully saturated rings. The van der Waals surface area contributed by atoms with E-state index in [-0.39, 0.29) is 0 Å². The molecule has 0 aliphatic heterocycles. The van der Waals surface area contributed by atoms with Crippen molar-refractivity contribution in [2.75, 3.05) is 0 Å². The molecule has 15 heteroatoms. The third kappa shape index (κ3) is 3.75. The van der Waals surface area contributed by atoms with Crippen molar-refractivity contribution in [3.8, 4) is 0 Å². The lowest BCUT2D eigenvalue weighted by molar-refractivity contribution is -0.428. The molecule has 0 bridgehead atoms. The molecule has 1 N–H and O–H groups in total. The zero-order valence-electron chi connectivity index (χ0n) is 13.5. The molecule has 0 aromatic carbocycles. The second-order valence-corrected chi connectivity index (χ2v) is 5.65. The Labute approximate surface area is 148 Å². The fourth-order valence-corrected chi connectivity index (χ4v) is 1.65. The van der Waals surface area contributed by atoms with Gasteiger partial charge >= 0.3 is 41.5 Å². The van der Waals surface area contributed by atoms with Gasteiger partial charge in [-0.05, 0) is 13.3 Å². The lowest BCUT2D eigenvalue weighted by Gasteiger charge is -2.41. The second kappa shape index (κ2) is 7.28. The summed E-state index contributed by atoms with van der Waals surface area (Å²) < 4.78 is 172. The average Bonchev–Trinajstić information content (AvgIpc) is 2.51. The van der Waals surface area contributed by atoms with Gasteiger partial charge < -0.3 is 5.11 Å². The minimum absolute atomic E-state index is 0.480. The lowest BCUT2D eigenvalue weighted by atomic mass is 9.88. The number of alkyl halides is 13. The monoisotopic (exact) mass is 446 g/mol. The van der Waals surface area contributed by atoms with Gasteiger partial charge in [0.15, 0.2) is 6.17 Å². The van der Waals surface area contributed by atoms with E-state index in [1.54, 1.807) is 0 Å². The Morgan fingerprint density at radius 3 is 1.50 bits per heavy atom. The van der Waals surface area contributed by atoms with Gasteiger partial charge in [0.05, 0.1) is 0 Å². The van der Waals surface area contributed by atoms with Crippen molar-refractivity contribution >= 4 is 5.97 Å². The second-order valence-electron chi connectivity index (χ2n) is 5.65. The van der Waals surface area contributed by atoms with Crippen LogP contribution in [0.4, 0.5) is 57.1 Å². The number of carboxylic acids is 1. The smallest absolute Gasteiger partial charge is 0.384 e. The molecule has 0 aromatic heterocycles. The molecule has 0 aromatic rings. The van der Waals surface area contributed by atoms with Gasteiger partial charge in [-0.25, -0.2) is 9.18 Å². The molecule has 28 heavy (non-hydrogen) atoms. The zero-order valence-corrected chi connectivity index (χ0v) is 13.5. The summed E-state index contributed by atoms with van der Waals surface area (Å²) in [5, 5.41) is 8.30. The fourth-order valence-electron chi connectivity index (χ4n) is 1.65. The molecule has 0 aliphatic rings. The van der Waals surface area contributed by atoms with Crippen LogP contribution < -0.4 is 0 Å². The Hall–Kier alpha value is -1.70. The molecule has 0 heterocycles. The molecule has 2 nitrogen and oxygen atoms in total. The summed E-state index contributed by atoms with van der Waals surface area (Å²) in [5.41, 5.74) is -1.26. The standard InChI is InChI=1S/C13H11F13O2/c1-5(7(27)28)3-4-8(15,16)10(19,20)12(23,24)13(25,26)11(21,22)9(17,18)6(2)14/h6H,1,3-4H2,2H3,(H,27,28). The highest BCUT2D eigenvalue weighted by Gasteiger charge is 2.90. The van der Waals surface area contributed by atoms with Crippen molar-refractivity contribution in [1.82, 2.24) is 0 Å². The van der Waals surface area contributed by atoms with Gasteiger partial charge in [0, 0.05) is 12.0 Å². The quantitative estimate of drug-likeness (QED) is 0.352. The molecule has 0 saturated carbocycles. The highest BCUT2D eigenvalue weighted by molar-refractivity contribution is 5.85. The van der Waals surface area contributed by atoms with Crippen LogP contribution in [0.3, 0.4) is 0 Å². The first-order valence-electron chi connectivity index (χ1n) is 6.84. The van der Waals surface area contributed by atoms with Gasteiger partial charge in [0.25, 0.3) is 0 Å². The number of aliphatic carboxylic acids is 1. The number of carboxylic acid groups (broad SMARTS) is 1. The zero-order chi connectivity index (χ0) is 23.1. The molecule has 166 valence electrons. The molecule has 0 rings (SSSR count). The third-order valence-electron chi connectivity index (χ3n) is 3.60. The lowest BCUT2D eigenvalue weighted by Crippen LogP contribution is -2.71. The third-order valence-corrected chi connectivity index (χ3v) is 3.60. The highest BCUT2D eigenvalue weighted by atomic mass is 19.4. The minimum atomic E-state index is -7.85. The van der Waals surface area contributed by atoms with E-state index in [2.05, 4.69) is 6.58 Å². The maximum absolute atomic E-state index is 13.4. The summed E-state index contributed by atoms with van der Waals surface area (Å²) in [5.74, 6) is -45.5. The van der Waals surface area contributed by atoms with Crippen LogP contribution in [0.25, 0.3) is 0 Å². The van der Waals surface area contributed by atoms with Gasteiger partial charge in [-0.2, -0.15) is 52.7 Å². The van der Waals surface area contributed by atoms with Crippen molar-refractivity contribution < 1.29 is 67.0 Å². The average molecular weight is 446 g/mol. The molecular formula is C13H11F13O2. The predicted octanol–water partition coefficient (Wildman–Crippen LogP) is 5.58. The van der Waals surface area contributed by atoms with Gasteiger partial charge in [-0.1, -0.05) is 6.58 Å². The molecular weight excluding hydrogens is 435 g/mol. The fraction of sp³-hybridized carbons (Fsp3) is 0.769. The van der Waals surface area contributed by atoms with Gasteiger partial charge in [0.1, 0.15) is 0 Å². The van der Waals surface area contributed by atoms with Crippen LogP contribution in [0.5, 0.6) is 0 Å². The summed E-state index contributed by atoms with van der Waals surface area (Å²) in [6.45, 7) is 2.09. The first kappa shape index (κ1) is 26.3. The minimum Gasteiger partial charge on any atom is -0.478 e. The maximum Gasteiger partial charge on any atom is 0.384 e. The van der Waals surface area contributed by atoms with Crippen molar-refractivity contribution in [2.24, 2.45) is 0 Å². The van der Waals surface area contributed by atoms with Gasteiger partial charge in [-0.3, -0.25) is 0 Å². The van der Waals surface area contributed by atoms with Crippen LogP contribution in [0, 0.1) is 0 Å². The molecule has 1 atom stereocenters. The van der Waals surface area contributed by atoms with E-state index in [4.69, 9.17) is 5.11 Å². The molecule has 0 spiro atoms. The largest absolute Gasteiger partial charge is 0.478 e. The van der Waals surface area contributed by atoms with Crippen molar-refractivity contribution in [1.29, 1.82) is 0 Å². The topological polar surface area (TPSA) is 37.3 Å². The van der Waals surface area contributed by atoms with E-state index in [9.17, 15) is 61.9 Å². The number of halogens is 13. The van der Waals surface area contributed by atoms with Gasteiger partial charge in [-0.15, -0.1) is 0 Å². The summed E-state index contributed by atoms with van der Waals surface area (Å²) >= 11 is 0. The van der Waals surface area contributed by atoms with E-state index in [0.717, 1.165) is 0 Å². The highest BCUT2D eigenvalue weighted by Crippen LogP contribution is 2.61. The van der Waals surface area contributed by atoms with Crippen LogP contribution in [-0.4, -0.2) is 52.8 Å². The van der Waals surface area contributed by atoms with Crippen LogP contribution in [0.2, 0.25) is 0 Å². The van der Waals surface area contributed by atoms with Crippen molar-refractivity contribution in [3.63, 3.8) is 0 Å². The summed E-state index contributed by atoms with van der Waals surface area (Å²) in [7, 11) is 0. The Kier molecular flexibility index (Phi) is 6.84. The van der Waals surface area contributed by atoms with E-state index in [0.29, 0.717) is 0 Å². The van der Waals surface area contributed by atoms with Gasteiger partial charge in [0.2, 0.25) is 0 Å². The Bertz CT molecular complexity index is 610. The predicted molar refractivity (Wildman–Crippen MR) is 66.3 cm³/mol. The number of carbonyl (C=O) groups is 1. The van der Waals surface area contributed by atoms with Crippen molar-refractivity contribution in [3.05, 3.63) is 12.2 Å². The van der Waals surface area contributed by atoms with Crippen molar-refractivity contribution in [2.45, 2.75) is 61.5 Å².